The maximum Gasteiger partial charge on any atom is 0.193 e. The van der Waals surface area contributed by atoms with Gasteiger partial charge in [0.2, 0.25) is 0 Å². The molecule has 2 aromatic rings. The molecule has 1 atom stereocenters. The van der Waals surface area contributed by atoms with E-state index in [0.717, 1.165) is 61.5 Å². The monoisotopic (exact) mass is 376 g/mol. The number of aromatic amines is 1. The van der Waals surface area contributed by atoms with Gasteiger partial charge in [0.25, 0.3) is 0 Å². The first-order valence-corrected chi connectivity index (χ1v) is 9.49. The molecule has 0 amide bonds. The van der Waals surface area contributed by atoms with Gasteiger partial charge in [0, 0.05) is 56.8 Å². The smallest absolute Gasteiger partial charge is 0.193 e. The molecule has 1 unspecified atom stereocenters. The average molecular weight is 376 g/mol. The lowest BCUT2D eigenvalue weighted by atomic mass is 10.1. The number of benzene rings is 1. The van der Waals surface area contributed by atoms with E-state index in [0.29, 0.717) is 19.1 Å². The number of aliphatic imine (C=N–C) groups is 1. The minimum absolute atomic E-state index is 0.206. The third kappa shape index (κ3) is 5.20. The van der Waals surface area contributed by atoms with Crippen molar-refractivity contribution in [2.24, 2.45) is 10.9 Å². The first-order chi connectivity index (χ1) is 13.2. The molecule has 0 spiro atoms. The van der Waals surface area contributed by atoms with Crippen LogP contribution in [0.1, 0.15) is 12.0 Å². The zero-order valence-corrected chi connectivity index (χ0v) is 16.1. The molecular weight excluding hydrogens is 347 g/mol. The topological polar surface area (TPSA) is 61.9 Å². The third-order valence-corrected chi connectivity index (χ3v) is 4.99. The van der Waals surface area contributed by atoms with Gasteiger partial charge in [-0.1, -0.05) is 0 Å². The van der Waals surface area contributed by atoms with Crippen LogP contribution in [0.2, 0.25) is 0 Å². The Morgan fingerprint density at radius 3 is 3.11 bits per heavy atom. The van der Waals surface area contributed by atoms with E-state index >= 15 is 0 Å². The summed E-state index contributed by atoms with van der Waals surface area (Å²) < 4.78 is 24.2. The Bertz CT molecular complexity index is 762. The molecule has 1 aliphatic rings. The predicted octanol–water partition coefficient (Wildman–Crippen LogP) is 2.41. The Balaban J connectivity index is 1.46. The molecule has 6 nitrogen and oxygen atoms in total. The van der Waals surface area contributed by atoms with Crippen molar-refractivity contribution in [2.45, 2.75) is 12.8 Å². The van der Waals surface area contributed by atoms with Crippen molar-refractivity contribution in [3.05, 3.63) is 35.8 Å². The number of hydrogen-bond donors (Lipinski definition) is 2. The molecule has 1 aliphatic heterocycles. The first-order valence-electron chi connectivity index (χ1n) is 9.49. The Morgan fingerprint density at radius 1 is 1.41 bits per heavy atom. The average Bonchev–Trinajstić information content (AvgIpc) is 3.29. The molecule has 1 fully saturated rings. The summed E-state index contributed by atoms with van der Waals surface area (Å²) in [6, 6.07) is 4.84. The van der Waals surface area contributed by atoms with Crippen LogP contribution in [0.5, 0.6) is 0 Å². The van der Waals surface area contributed by atoms with Crippen molar-refractivity contribution in [1.29, 1.82) is 0 Å². The van der Waals surface area contributed by atoms with Crippen LogP contribution in [-0.2, 0) is 15.9 Å². The summed E-state index contributed by atoms with van der Waals surface area (Å²) in [4.78, 5) is 9.89. The van der Waals surface area contributed by atoms with Gasteiger partial charge >= 0.3 is 0 Å². The number of methoxy groups -OCH3 is 1. The number of ether oxygens (including phenoxy) is 2. The number of nitrogens with zero attached hydrogens (tertiary/aromatic N) is 2. The van der Waals surface area contributed by atoms with E-state index in [-0.39, 0.29) is 5.82 Å². The van der Waals surface area contributed by atoms with Gasteiger partial charge in [-0.2, -0.15) is 0 Å². The molecule has 2 N–H and O–H groups in total. The Labute approximate surface area is 159 Å². The van der Waals surface area contributed by atoms with Gasteiger partial charge in [-0.05, 0) is 36.6 Å². The van der Waals surface area contributed by atoms with Gasteiger partial charge < -0.3 is 24.7 Å². The fourth-order valence-corrected chi connectivity index (χ4v) is 3.55. The normalized spacial score (nSPS) is 17.8. The molecule has 0 saturated carbocycles. The lowest BCUT2D eigenvalue weighted by Crippen LogP contribution is -2.41. The van der Waals surface area contributed by atoms with Gasteiger partial charge in [0.05, 0.1) is 19.8 Å². The molecule has 1 saturated heterocycles. The number of likely N-dealkylation sites (tertiary alicyclic amines) is 1. The molecule has 7 heteroatoms. The van der Waals surface area contributed by atoms with Crippen LogP contribution < -0.4 is 5.32 Å². The van der Waals surface area contributed by atoms with E-state index < -0.39 is 0 Å². The lowest BCUT2D eigenvalue weighted by molar-refractivity contribution is 0.0536. The molecule has 1 aromatic carbocycles. The number of guanidine groups is 1. The largest absolute Gasteiger partial charge is 0.382 e. The van der Waals surface area contributed by atoms with Crippen LogP contribution in [-0.4, -0.2) is 69.5 Å². The van der Waals surface area contributed by atoms with E-state index in [9.17, 15) is 4.39 Å². The lowest BCUT2D eigenvalue weighted by Gasteiger charge is -2.21. The van der Waals surface area contributed by atoms with Gasteiger partial charge in [0.15, 0.2) is 5.96 Å². The van der Waals surface area contributed by atoms with Crippen LogP contribution in [0.4, 0.5) is 4.39 Å². The van der Waals surface area contributed by atoms with Crippen LogP contribution in [0.25, 0.3) is 10.9 Å². The zero-order chi connectivity index (χ0) is 19.1. The van der Waals surface area contributed by atoms with Crippen molar-refractivity contribution in [1.82, 2.24) is 15.2 Å². The maximum absolute atomic E-state index is 13.5. The number of nitrogens with one attached hydrogen (secondary N) is 2. The number of aromatic nitrogens is 1. The standard InChI is InChI=1S/C20H29FN4O2/c1-22-20(25-8-6-15(13-25)14-27-10-9-26-2)23-7-5-16-12-24-19-4-3-17(21)11-18(16)19/h3-4,11-12,15,24H,5-10,13-14H2,1-2H3,(H,22,23). The number of fused-ring (bicyclic) bond motifs is 1. The maximum atomic E-state index is 13.5. The highest BCUT2D eigenvalue weighted by atomic mass is 19.1. The van der Waals surface area contributed by atoms with Crippen molar-refractivity contribution in [2.75, 3.05) is 53.6 Å². The van der Waals surface area contributed by atoms with E-state index in [2.05, 4.69) is 20.2 Å². The highest BCUT2D eigenvalue weighted by Crippen LogP contribution is 2.20. The second-order valence-corrected chi connectivity index (χ2v) is 6.90. The summed E-state index contributed by atoms with van der Waals surface area (Å²) in [5.41, 5.74) is 2.07. The Kier molecular flexibility index (Phi) is 7.06. The first kappa shape index (κ1) is 19.6. The fraction of sp³-hybridized carbons (Fsp3) is 0.550. The van der Waals surface area contributed by atoms with Crippen molar-refractivity contribution in [3.63, 3.8) is 0 Å². The quantitative estimate of drug-likeness (QED) is 0.422. The minimum atomic E-state index is -0.206. The number of hydrogen-bond acceptors (Lipinski definition) is 3. The van der Waals surface area contributed by atoms with Crippen LogP contribution >= 0.6 is 0 Å². The Morgan fingerprint density at radius 2 is 2.30 bits per heavy atom. The van der Waals surface area contributed by atoms with Gasteiger partial charge in [0.1, 0.15) is 5.82 Å². The van der Waals surface area contributed by atoms with Crippen LogP contribution in [0.15, 0.2) is 29.4 Å². The summed E-state index contributed by atoms with van der Waals surface area (Å²) in [7, 11) is 3.49. The number of rotatable bonds is 8. The minimum Gasteiger partial charge on any atom is -0.382 e. The molecule has 0 radical (unpaired) electrons. The molecule has 2 heterocycles. The number of halogens is 1. The van der Waals surface area contributed by atoms with Crippen LogP contribution in [0.3, 0.4) is 0 Å². The second kappa shape index (κ2) is 9.71. The van der Waals surface area contributed by atoms with Crippen molar-refractivity contribution < 1.29 is 13.9 Å². The van der Waals surface area contributed by atoms with Crippen LogP contribution in [0, 0.1) is 11.7 Å². The molecule has 148 valence electrons. The summed E-state index contributed by atoms with van der Waals surface area (Å²) in [5, 5.41) is 4.38. The molecule has 27 heavy (non-hydrogen) atoms. The van der Waals surface area contributed by atoms with E-state index in [4.69, 9.17) is 9.47 Å². The highest BCUT2D eigenvalue weighted by molar-refractivity contribution is 5.83. The van der Waals surface area contributed by atoms with E-state index in [1.165, 1.54) is 6.07 Å². The summed E-state index contributed by atoms with van der Waals surface area (Å²) in [6.07, 6.45) is 3.87. The van der Waals surface area contributed by atoms with Gasteiger partial charge in [-0.25, -0.2) is 4.39 Å². The van der Waals surface area contributed by atoms with Crippen molar-refractivity contribution in [3.8, 4) is 0 Å². The summed E-state index contributed by atoms with van der Waals surface area (Å²) in [6.45, 7) is 4.73. The second-order valence-electron chi connectivity index (χ2n) is 6.90. The third-order valence-electron chi connectivity index (χ3n) is 4.99. The van der Waals surface area contributed by atoms with E-state index in [1.54, 1.807) is 19.2 Å². The number of H-pyrrole nitrogens is 1. The van der Waals surface area contributed by atoms with Gasteiger partial charge in [-0.3, -0.25) is 4.99 Å². The summed E-state index contributed by atoms with van der Waals surface area (Å²) >= 11 is 0. The predicted molar refractivity (Wildman–Crippen MR) is 106 cm³/mol. The Hall–Kier alpha value is -2.12. The fourth-order valence-electron chi connectivity index (χ4n) is 3.55. The SMILES string of the molecule is CN=C(NCCc1c[nH]c2ccc(F)cc12)N1CCC(COCCOC)C1. The molecule has 3 rings (SSSR count). The highest BCUT2D eigenvalue weighted by Gasteiger charge is 2.24. The van der Waals surface area contributed by atoms with Crippen molar-refractivity contribution >= 4 is 16.9 Å². The molecule has 1 aromatic heterocycles. The molecular formula is C20H29FN4O2. The van der Waals surface area contributed by atoms with Gasteiger partial charge in [-0.15, -0.1) is 0 Å². The molecule has 0 aliphatic carbocycles. The van der Waals surface area contributed by atoms with E-state index in [1.807, 2.05) is 13.2 Å². The molecule has 0 bridgehead atoms. The summed E-state index contributed by atoms with van der Waals surface area (Å²) in [5.74, 6) is 1.24. The zero-order valence-electron chi connectivity index (χ0n) is 16.1.